The van der Waals surface area contributed by atoms with Crippen LogP contribution in [-0.2, 0) is 4.74 Å². The van der Waals surface area contributed by atoms with Crippen LogP contribution in [0.3, 0.4) is 0 Å². The minimum absolute atomic E-state index is 0.0270. The number of alkyl carbamates (subject to hydrolysis) is 1. The molecule has 0 fully saturated rings. The third-order valence-corrected chi connectivity index (χ3v) is 3.29. The first-order valence-corrected chi connectivity index (χ1v) is 6.94. The van der Waals surface area contributed by atoms with Gasteiger partial charge in [-0.3, -0.25) is 5.32 Å². The standard InChI is InChI=1S/C14H16F6N2O2/c1-3-24-11(23)22-12(13(15,16)17,14(18,19)20)21-9(2)10-7-5-4-6-8-10/h4-9,21H,3H2,1-2H3,(H,22,23)/p+1/t9-/m0/s1. The Morgan fingerprint density at radius 3 is 2.04 bits per heavy atom. The Hall–Kier alpha value is -1.97. The highest BCUT2D eigenvalue weighted by molar-refractivity contribution is 5.68. The van der Waals surface area contributed by atoms with E-state index in [2.05, 4.69) is 4.74 Å². The molecule has 1 atom stereocenters. The predicted molar refractivity (Wildman–Crippen MR) is 71.8 cm³/mol. The summed E-state index contributed by atoms with van der Waals surface area (Å²) in [6, 6.07) is 6.10. The van der Waals surface area contributed by atoms with Crippen molar-refractivity contribution in [3.05, 3.63) is 35.9 Å². The molecule has 1 rings (SSSR count). The number of nitrogens with one attached hydrogen (secondary N) is 1. The molecule has 0 saturated heterocycles. The fourth-order valence-corrected chi connectivity index (χ4v) is 2.09. The monoisotopic (exact) mass is 359 g/mol. The summed E-state index contributed by atoms with van der Waals surface area (Å²) in [7, 11) is 0. The Morgan fingerprint density at radius 2 is 1.62 bits per heavy atom. The molecule has 0 aliphatic heterocycles. The van der Waals surface area contributed by atoms with E-state index in [1.54, 1.807) is 6.07 Å². The van der Waals surface area contributed by atoms with E-state index in [-0.39, 0.29) is 17.5 Å². The lowest BCUT2D eigenvalue weighted by Gasteiger charge is -2.36. The SMILES string of the molecule is CCOC(=O)NC([NH2+][C@@H](C)c1ccccc1)(C(F)(F)F)C(F)(F)F. The van der Waals surface area contributed by atoms with Crippen molar-refractivity contribution in [2.45, 2.75) is 37.9 Å². The van der Waals surface area contributed by atoms with E-state index >= 15 is 0 Å². The van der Waals surface area contributed by atoms with Crippen LogP contribution in [-0.4, -0.2) is 30.7 Å². The van der Waals surface area contributed by atoms with Crippen molar-refractivity contribution in [1.82, 2.24) is 5.32 Å². The largest absolute Gasteiger partial charge is 0.476 e. The molecule has 1 amide bonds. The maximum Gasteiger partial charge on any atom is 0.476 e. The van der Waals surface area contributed by atoms with Gasteiger partial charge >= 0.3 is 24.1 Å². The van der Waals surface area contributed by atoms with Crippen LogP contribution in [0.1, 0.15) is 25.5 Å². The van der Waals surface area contributed by atoms with Crippen LogP contribution in [0.2, 0.25) is 0 Å². The Balaban J connectivity index is 3.27. The lowest BCUT2D eigenvalue weighted by atomic mass is 10.0. The molecule has 10 heteroatoms. The molecule has 24 heavy (non-hydrogen) atoms. The van der Waals surface area contributed by atoms with Crippen molar-refractivity contribution in [3.8, 4) is 0 Å². The van der Waals surface area contributed by atoms with E-state index in [1.807, 2.05) is 0 Å². The highest BCUT2D eigenvalue weighted by Gasteiger charge is 2.77. The van der Waals surface area contributed by atoms with Gasteiger partial charge in [-0.25, -0.2) is 4.79 Å². The topological polar surface area (TPSA) is 54.9 Å². The molecular formula is C14H17F6N2O2+. The number of hydrogen-bond donors (Lipinski definition) is 2. The number of hydrogen-bond acceptors (Lipinski definition) is 2. The summed E-state index contributed by atoms with van der Waals surface area (Å²) in [4.78, 5) is 11.3. The third-order valence-electron chi connectivity index (χ3n) is 3.29. The maximum atomic E-state index is 13.3. The summed E-state index contributed by atoms with van der Waals surface area (Å²) in [6.45, 7) is 2.07. The summed E-state index contributed by atoms with van der Waals surface area (Å²) < 4.78 is 84.2. The molecular weight excluding hydrogens is 342 g/mol. The van der Waals surface area contributed by atoms with E-state index in [0.717, 1.165) is 5.32 Å². The molecule has 0 aliphatic rings. The fourth-order valence-electron chi connectivity index (χ4n) is 2.09. The Labute approximate surface area is 134 Å². The first-order chi connectivity index (χ1) is 10.9. The number of amides is 1. The summed E-state index contributed by atoms with van der Waals surface area (Å²) in [6.07, 6.45) is -13.4. The van der Waals surface area contributed by atoms with Crippen molar-refractivity contribution in [2.24, 2.45) is 0 Å². The number of alkyl halides is 6. The van der Waals surface area contributed by atoms with Gasteiger partial charge in [0, 0.05) is 5.56 Å². The second-order valence-electron chi connectivity index (χ2n) is 5.02. The van der Waals surface area contributed by atoms with Gasteiger partial charge in [-0.1, -0.05) is 30.3 Å². The number of benzene rings is 1. The van der Waals surface area contributed by atoms with Gasteiger partial charge in [0.05, 0.1) is 6.61 Å². The van der Waals surface area contributed by atoms with Gasteiger partial charge in [-0.2, -0.15) is 26.3 Å². The Kier molecular flexibility index (Phi) is 6.09. The molecule has 1 aromatic carbocycles. The average Bonchev–Trinajstić information content (AvgIpc) is 2.45. The molecule has 0 heterocycles. The molecule has 0 aliphatic carbocycles. The zero-order valence-corrected chi connectivity index (χ0v) is 12.8. The zero-order chi connectivity index (χ0) is 18.6. The van der Waals surface area contributed by atoms with Gasteiger partial charge in [0.2, 0.25) is 0 Å². The Morgan fingerprint density at radius 1 is 1.12 bits per heavy atom. The van der Waals surface area contributed by atoms with Crippen molar-refractivity contribution in [2.75, 3.05) is 6.61 Å². The Bertz CT molecular complexity index is 530. The third kappa shape index (κ3) is 4.31. The van der Waals surface area contributed by atoms with Crippen LogP contribution < -0.4 is 10.6 Å². The number of quaternary nitrogens is 1. The molecule has 3 N–H and O–H groups in total. The van der Waals surface area contributed by atoms with E-state index < -0.39 is 30.2 Å². The lowest BCUT2D eigenvalue weighted by Crippen LogP contribution is -3.08. The van der Waals surface area contributed by atoms with Crippen LogP contribution in [0, 0.1) is 0 Å². The second-order valence-corrected chi connectivity index (χ2v) is 5.02. The number of carbonyl (C=O) groups excluding carboxylic acids is 1. The summed E-state index contributed by atoms with van der Waals surface area (Å²) in [5.74, 6) is 0. The highest BCUT2D eigenvalue weighted by atomic mass is 19.4. The van der Waals surface area contributed by atoms with Gasteiger partial charge in [-0.05, 0) is 13.8 Å². The lowest BCUT2D eigenvalue weighted by molar-refractivity contribution is -0.811. The summed E-state index contributed by atoms with van der Waals surface area (Å²) in [5, 5.41) is 0.972. The first-order valence-electron chi connectivity index (χ1n) is 6.94. The van der Waals surface area contributed by atoms with Crippen LogP contribution in [0.5, 0.6) is 0 Å². The molecule has 0 saturated carbocycles. The van der Waals surface area contributed by atoms with E-state index in [9.17, 15) is 31.1 Å². The van der Waals surface area contributed by atoms with Crippen molar-refractivity contribution >= 4 is 6.09 Å². The van der Waals surface area contributed by atoms with Crippen molar-refractivity contribution < 1.29 is 41.2 Å². The van der Waals surface area contributed by atoms with Crippen LogP contribution in [0.4, 0.5) is 31.1 Å². The molecule has 1 aromatic rings. The van der Waals surface area contributed by atoms with Crippen LogP contribution in [0.25, 0.3) is 0 Å². The van der Waals surface area contributed by atoms with Crippen LogP contribution >= 0.6 is 0 Å². The molecule has 136 valence electrons. The van der Waals surface area contributed by atoms with Crippen molar-refractivity contribution in [1.29, 1.82) is 0 Å². The highest BCUT2D eigenvalue weighted by Crippen LogP contribution is 2.39. The quantitative estimate of drug-likeness (QED) is 0.628. The van der Waals surface area contributed by atoms with E-state index in [1.165, 1.54) is 38.1 Å². The molecule has 0 aromatic heterocycles. The predicted octanol–water partition coefficient (Wildman–Crippen LogP) is 2.88. The molecule has 4 nitrogen and oxygen atoms in total. The normalized spacial score (nSPS) is 14.2. The molecule has 0 unspecified atom stereocenters. The average molecular weight is 359 g/mol. The maximum absolute atomic E-state index is 13.3. The molecule has 0 radical (unpaired) electrons. The summed E-state index contributed by atoms with van der Waals surface area (Å²) >= 11 is 0. The number of rotatable bonds is 5. The minimum atomic E-state index is -5.80. The van der Waals surface area contributed by atoms with Crippen LogP contribution in [0.15, 0.2) is 30.3 Å². The smallest absolute Gasteiger partial charge is 0.450 e. The second kappa shape index (κ2) is 7.29. The molecule has 0 spiro atoms. The minimum Gasteiger partial charge on any atom is -0.450 e. The number of halogens is 6. The number of carbonyl (C=O) groups is 1. The fraction of sp³-hybridized carbons (Fsp3) is 0.500. The number of nitrogens with two attached hydrogens (primary N) is 1. The van der Waals surface area contributed by atoms with Gasteiger partial charge in [0.1, 0.15) is 6.04 Å². The zero-order valence-electron chi connectivity index (χ0n) is 12.8. The van der Waals surface area contributed by atoms with E-state index in [4.69, 9.17) is 0 Å². The van der Waals surface area contributed by atoms with Gasteiger partial charge in [0.15, 0.2) is 0 Å². The summed E-state index contributed by atoms with van der Waals surface area (Å²) in [5.41, 5.74) is -4.29. The first kappa shape index (κ1) is 20.1. The van der Waals surface area contributed by atoms with Gasteiger partial charge < -0.3 is 10.1 Å². The number of ether oxygens (including phenoxy) is 1. The molecule has 0 bridgehead atoms. The van der Waals surface area contributed by atoms with E-state index in [0.29, 0.717) is 0 Å². The van der Waals surface area contributed by atoms with Crippen molar-refractivity contribution in [3.63, 3.8) is 0 Å². The van der Waals surface area contributed by atoms with Gasteiger partial charge in [-0.15, -0.1) is 0 Å². The van der Waals surface area contributed by atoms with Gasteiger partial charge in [0.25, 0.3) is 0 Å².